The second-order valence-electron chi connectivity index (χ2n) is 3.86. The quantitative estimate of drug-likeness (QED) is 0.820. The topological polar surface area (TPSA) is 63.4 Å². The maximum Gasteiger partial charge on any atom is 0.242 e. The van der Waals surface area contributed by atoms with Gasteiger partial charge in [0.25, 0.3) is 0 Å². The minimum absolute atomic E-state index is 0.286. The number of rotatable bonds is 5. The monoisotopic (exact) mass is 272 g/mol. The molecule has 0 fully saturated rings. The second-order valence-corrected chi connectivity index (χ2v) is 6.43. The van der Waals surface area contributed by atoms with Gasteiger partial charge in [-0.25, -0.2) is 12.7 Å². The van der Waals surface area contributed by atoms with Gasteiger partial charge < -0.3 is 5.73 Å². The van der Waals surface area contributed by atoms with E-state index >= 15 is 0 Å². The third-order valence-electron chi connectivity index (χ3n) is 2.40. The molecule has 4 nitrogen and oxygen atoms in total. The molecule has 0 spiro atoms. The van der Waals surface area contributed by atoms with Crippen molar-refractivity contribution in [2.24, 2.45) is 5.73 Å². The van der Waals surface area contributed by atoms with Crippen LogP contribution in [-0.2, 0) is 10.0 Å². The Kier molecular flexibility index (Phi) is 4.62. The Morgan fingerprint density at radius 2 is 1.88 bits per heavy atom. The van der Waals surface area contributed by atoms with Gasteiger partial charge in [-0.15, -0.1) is 0 Å². The Bertz CT molecular complexity index is 495. The van der Waals surface area contributed by atoms with Gasteiger partial charge in [-0.05, 0) is 19.1 Å². The summed E-state index contributed by atoms with van der Waals surface area (Å²) in [5, 5.41) is 0. The zero-order valence-corrected chi connectivity index (χ0v) is 11.5. The minimum atomic E-state index is -3.43. The standard InChI is InChI=1S/C11H16N2O2S2/c1-9-3-5-10(6-4-9)17(14,15)13(2)8-7-11(12)16/h3-6H,7-8H2,1-2H3,(H2,12,16). The molecule has 17 heavy (non-hydrogen) atoms. The molecule has 0 saturated heterocycles. The van der Waals surface area contributed by atoms with E-state index in [4.69, 9.17) is 18.0 Å². The third kappa shape index (κ3) is 3.76. The minimum Gasteiger partial charge on any atom is -0.393 e. The number of sulfonamides is 1. The zero-order chi connectivity index (χ0) is 13.1. The van der Waals surface area contributed by atoms with Crippen LogP contribution >= 0.6 is 12.2 Å². The average Bonchev–Trinajstić information content (AvgIpc) is 2.26. The van der Waals surface area contributed by atoms with Crippen molar-refractivity contribution in [1.82, 2.24) is 4.31 Å². The molecule has 0 aromatic heterocycles. The lowest BCUT2D eigenvalue weighted by atomic mass is 10.2. The third-order valence-corrected chi connectivity index (χ3v) is 4.48. The van der Waals surface area contributed by atoms with E-state index in [0.29, 0.717) is 18.0 Å². The van der Waals surface area contributed by atoms with E-state index in [-0.39, 0.29) is 4.90 Å². The molecule has 0 unspecified atom stereocenters. The summed E-state index contributed by atoms with van der Waals surface area (Å²) in [6, 6.07) is 6.74. The van der Waals surface area contributed by atoms with Gasteiger partial charge >= 0.3 is 0 Å². The van der Waals surface area contributed by atoms with Crippen LogP contribution in [0.1, 0.15) is 12.0 Å². The van der Waals surface area contributed by atoms with Gasteiger partial charge in [0.1, 0.15) is 0 Å². The highest BCUT2D eigenvalue weighted by Crippen LogP contribution is 2.14. The first-order chi connectivity index (χ1) is 7.84. The molecular formula is C11H16N2O2S2. The number of aryl methyl sites for hydroxylation is 1. The van der Waals surface area contributed by atoms with Crippen molar-refractivity contribution in [3.63, 3.8) is 0 Å². The molecule has 6 heteroatoms. The Balaban J connectivity index is 2.87. The van der Waals surface area contributed by atoms with Crippen molar-refractivity contribution in [3.05, 3.63) is 29.8 Å². The van der Waals surface area contributed by atoms with Crippen molar-refractivity contribution in [3.8, 4) is 0 Å². The van der Waals surface area contributed by atoms with Crippen LogP contribution in [0.5, 0.6) is 0 Å². The van der Waals surface area contributed by atoms with Crippen LogP contribution < -0.4 is 5.73 Å². The van der Waals surface area contributed by atoms with Crippen LogP contribution in [0.15, 0.2) is 29.2 Å². The highest BCUT2D eigenvalue weighted by molar-refractivity contribution is 7.89. The summed E-state index contributed by atoms with van der Waals surface area (Å²) in [4.78, 5) is 0.601. The molecular weight excluding hydrogens is 256 g/mol. The summed E-state index contributed by atoms with van der Waals surface area (Å²) in [7, 11) is -1.91. The van der Waals surface area contributed by atoms with Gasteiger partial charge in [-0.1, -0.05) is 29.9 Å². The van der Waals surface area contributed by atoms with Crippen LogP contribution in [-0.4, -0.2) is 31.3 Å². The lowest BCUT2D eigenvalue weighted by Crippen LogP contribution is -2.30. The summed E-state index contributed by atoms with van der Waals surface area (Å²) in [6.45, 7) is 2.21. The number of nitrogens with zero attached hydrogens (tertiary/aromatic N) is 1. The summed E-state index contributed by atoms with van der Waals surface area (Å²) in [5.74, 6) is 0. The summed E-state index contributed by atoms with van der Waals surface area (Å²) < 4.78 is 25.5. The summed E-state index contributed by atoms with van der Waals surface area (Å²) in [5.41, 5.74) is 6.38. The van der Waals surface area contributed by atoms with Gasteiger partial charge in [0.05, 0.1) is 9.88 Å². The van der Waals surface area contributed by atoms with Crippen molar-refractivity contribution < 1.29 is 8.42 Å². The average molecular weight is 272 g/mol. The van der Waals surface area contributed by atoms with E-state index in [9.17, 15) is 8.42 Å². The van der Waals surface area contributed by atoms with E-state index in [1.54, 1.807) is 24.3 Å². The number of nitrogens with two attached hydrogens (primary N) is 1. The summed E-state index contributed by atoms with van der Waals surface area (Å²) in [6.07, 6.45) is 0.386. The van der Waals surface area contributed by atoms with Crippen LogP contribution in [0.3, 0.4) is 0 Å². The Morgan fingerprint density at radius 1 is 1.35 bits per heavy atom. The molecule has 94 valence electrons. The molecule has 0 heterocycles. The number of benzene rings is 1. The molecule has 1 rings (SSSR count). The highest BCUT2D eigenvalue weighted by atomic mass is 32.2. The first-order valence-electron chi connectivity index (χ1n) is 5.15. The fraction of sp³-hybridized carbons (Fsp3) is 0.364. The van der Waals surface area contributed by atoms with Crippen LogP contribution in [0.4, 0.5) is 0 Å². The second kappa shape index (κ2) is 5.57. The smallest absolute Gasteiger partial charge is 0.242 e. The van der Waals surface area contributed by atoms with Gasteiger partial charge in [0, 0.05) is 20.0 Å². The molecule has 0 radical (unpaired) electrons. The van der Waals surface area contributed by atoms with Gasteiger partial charge in [0.15, 0.2) is 0 Å². The van der Waals surface area contributed by atoms with Gasteiger partial charge in [0.2, 0.25) is 10.0 Å². The predicted octanol–water partition coefficient (Wildman–Crippen LogP) is 1.29. The fourth-order valence-corrected chi connectivity index (χ4v) is 2.54. The molecule has 0 aliphatic carbocycles. The van der Waals surface area contributed by atoms with Crippen LogP contribution in [0.2, 0.25) is 0 Å². The molecule has 0 aliphatic heterocycles. The normalized spacial score (nSPS) is 11.7. The first kappa shape index (κ1) is 14.1. The Morgan fingerprint density at radius 3 is 2.35 bits per heavy atom. The Hall–Kier alpha value is -0.980. The maximum atomic E-state index is 12.1. The summed E-state index contributed by atoms with van der Waals surface area (Å²) >= 11 is 4.73. The van der Waals surface area contributed by atoms with Crippen molar-refractivity contribution in [2.75, 3.05) is 13.6 Å². The van der Waals surface area contributed by atoms with Crippen LogP contribution in [0, 0.1) is 6.92 Å². The molecule has 1 aromatic rings. The first-order valence-corrected chi connectivity index (χ1v) is 7.00. The van der Waals surface area contributed by atoms with Gasteiger partial charge in [-0.2, -0.15) is 0 Å². The lowest BCUT2D eigenvalue weighted by molar-refractivity contribution is 0.479. The van der Waals surface area contributed by atoms with E-state index < -0.39 is 10.0 Å². The fourth-order valence-electron chi connectivity index (χ4n) is 1.28. The van der Waals surface area contributed by atoms with E-state index in [0.717, 1.165) is 5.56 Å². The largest absolute Gasteiger partial charge is 0.393 e. The van der Waals surface area contributed by atoms with E-state index in [1.807, 2.05) is 6.92 Å². The van der Waals surface area contributed by atoms with Crippen molar-refractivity contribution in [1.29, 1.82) is 0 Å². The van der Waals surface area contributed by atoms with Crippen LogP contribution in [0.25, 0.3) is 0 Å². The molecule has 1 aromatic carbocycles. The van der Waals surface area contributed by atoms with E-state index in [2.05, 4.69) is 0 Å². The zero-order valence-electron chi connectivity index (χ0n) is 9.88. The highest BCUT2D eigenvalue weighted by Gasteiger charge is 2.19. The van der Waals surface area contributed by atoms with E-state index in [1.165, 1.54) is 11.4 Å². The van der Waals surface area contributed by atoms with Gasteiger partial charge in [-0.3, -0.25) is 0 Å². The molecule has 0 aliphatic rings. The molecule has 2 N–H and O–H groups in total. The molecule has 0 bridgehead atoms. The molecule has 0 amide bonds. The number of hydrogen-bond donors (Lipinski definition) is 1. The number of thiocarbonyl (C=S) groups is 1. The SMILES string of the molecule is Cc1ccc(S(=O)(=O)N(C)CCC(N)=S)cc1. The molecule has 0 saturated carbocycles. The maximum absolute atomic E-state index is 12.1. The van der Waals surface area contributed by atoms with Crippen molar-refractivity contribution in [2.45, 2.75) is 18.2 Å². The molecule has 0 atom stereocenters. The lowest BCUT2D eigenvalue weighted by Gasteiger charge is -2.16. The predicted molar refractivity (Wildman–Crippen MR) is 72.4 cm³/mol. The number of hydrogen-bond acceptors (Lipinski definition) is 3. The van der Waals surface area contributed by atoms with Crippen molar-refractivity contribution >= 4 is 27.2 Å². The Labute approximate surface area is 107 Å².